The van der Waals surface area contributed by atoms with Gasteiger partial charge in [0.15, 0.2) is 0 Å². The zero-order chi connectivity index (χ0) is 19.3. The molecule has 2 aliphatic heterocycles. The van der Waals surface area contributed by atoms with Crippen LogP contribution in [-0.4, -0.2) is 6.26 Å². The van der Waals surface area contributed by atoms with E-state index in [9.17, 15) is 0 Å². The number of allylic oxidation sites excluding steroid dienone is 2. The Bertz CT molecular complexity index is 1250. The molecule has 0 aromatic heterocycles. The number of thioether (sulfide) groups is 5. The number of hydrogen-bond donors (Lipinski definition) is 0. The van der Waals surface area contributed by atoms with E-state index in [1.54, 1.807) is 0 Å². The number of rotatable bonds is 1. The summed E-state index contributed by atoms with van der Waals surface area (Å²) in [6.07, 6.45) is 2.18. The second-order valence-electron chi connectivity index (χ2n) is 6.62. The van der Waals surface area contributed by atoms with E-state index in [0.717, 1.165) is 0 Å². The Morgan fingerprint density at radius 1 is 0.679 bits per heavy atom. The van der Waals surface area contributed by atoms with Crippen LogP contribution in [0, 0.1) is 0 Å². The average Bonchev–Trinajstić information content (AvgIpc) is 3.31. The van der Waals surface area contributed by atoms with Crippen LogP contribution < -0.4 is 10.4 Å². The zero-order valence-electron chi connectivity index (χ0n) is 15.7. The summed E-state index contributed by atoms with van der Waals surface area (Å²) in [5.41, 5.74) is 0. The molecule has 3 aromatic rings. The van der Waals surface area contributed by atoms with Crippen LogP contribution in [0.1, 0.15) is 13.8 Å². The first-order valence-electron chi connectivity index (χ1n) is 8.97. The summed E-state index contributed by atoms with van der Waals surface area (Å²) in [7, 11) is 0. The van der Waals surface area contributed by atoms with Gasteiger partial charge in [0.25, 0.3) is 0 Å². The molecule has 0 amide bonds. The van der Waals surface area contributed by atoms with Crippen LogP contribution in [0.2, 0.25) is 0 Å². The number of fused-ring (bicyclic) bond motifs is 2. The van der Waals surface area contributed by atoms with E-state index in [2.05, 4.69) is 74.0 Å². The van der Waals surface area contributed by atoms with E-state index in [4.69, 9.17) is 0 Å². The molecule has 0 radical (unpaired) electrons. The minimum atomic E-state index is 1.36. The summed E-state index contributed by atoms with van der Waals surface area (Å²) < 4.78 is 4.23. The molecule has 0 saturated heterocycles. The summed E-state index contributed by atoms with van der Waals surface area (Å²) in [5, 5.41) is 10.5. The van der Waals surface area contributed by atoms with Crippen molar-refractivity contribution < 1.29 is 0 Å². The van der Waals surface area contributed by atoms with Crippen LogP contribution in [-0.2, 0) is 0 Å². The molecule has 5 rings (SSSR count). The molecular weight excluding hydrogens is 437 g/mol. The lowest BCUT2D eigenvalue weighted by molar-refractivity contribution is 1.68. The third kappa shape index (κ3) is 3.16. The van der Waals surface area contributed by atoms with Crippen molar-refractivity contribution in [1.82, 2.24) is 0 Å². The highest BCUT2D eigenvalue weighted by Gasteiger charge is 2.21. The molecule has 0 bridgehead atoms. The van der Waals surface area contributed by atoms with Gasteiger partial charge in [-0.3, -0.25) is 0 Å². The lowest BCUT2D eigenvalue weighted by Gasteiger charge is -2.11. The van der Waals surface area contributed by atoms with Crippen molar-refractivity contribution in [2.75, 3.05) is 6.26 Å². The fourth-order valence-electron chi connectivity index (χ4n) is 3.65. The van der Waals surface area contributed by atoms with Crippen LogP contribution in [0.25, 0.3) is 30.0 Å². The lowest BCUT2D eigenvalue weighted by Crippen LogP contribution is -2.16. The Kier molecular flexibility index (Phi) is 5.31. The Morgan fingerprint density at radius 2 is 1.21 bits per heavy atom. The summed E-state index contributed by atoms with van der Waals surface area (Å²) >= 11 is 9.49. The highest BCUT2D eigenvalue weighted by molar-refractivity contribution is 8.41. The first-order valence-corrected chi connectivity index (χ1v) is 13.5. The molecule has 3 aromatic carbocycles. The minimum absolute atomic E-state index is 1.36. The normalized spacial score (nSPS) is 17.3. The summed E-state index contributed by atoms with van der Waals surface area (Å²) in [6, 6.07) is 17.9. The Balaban J connectivity index is 1.98. The third-order valence-electron chi connectivity index (χ3n) is 4.83. The maximum atomic E-state index is 2.30. The Hall–Kier alpha value is -0.850. The molecule has 0 aliphatic carbocycles. The Labute approximate surface area is 186 Å². The second kappa shape index (κ2) is 7.77. The minimum Gasteiger partial charge on any atom is -0.122 e. The summed E-state index contributed by atoms with van der Waals surface area (Å²) in [5.74, 6) is 0. The molecule has 0 unspecified atom stereocenters. The van der Waals surface area contributed by atoms with E-state index < -0.39 is 0 Å². The van der Waals surface area contributed by atoms with Crippen LogP contribution in [0.4, 0.5) is 0 Å². The molecule has 0 saturated carbocycles. The van der Waals surface area contributed by atoms with Gasteiger partial charge in [-0.05, 0) is 52.0 Å². The molecular formula is C23H18S5. The van der Waals surface area contributed by atoms with Crippen LogP contribution >= 0.6 is 58.8 Å². The monoisotopic (exact) mass is 454 g/mol. The van der Waals surface area contributed by atoms with E-state index in [1.807, 2.05) is 58.8 Å². The van der Waals surface area contributed by atoms with Gasteiger partial charge >= 0.3 is 0 Å². The van der Waals surface area contributed by atoms with Gasteiger partial charge in [0.1, 0.15) is 0 Å². The van der Waals surface area contributed by atoms with Crippen molar-refractivity contribution in [1.29, 1.82) is 0 Å². The molecule has 0 nitrogen and oxygen atoms in total. The van der Waals surface area contributed by atoms with Gasteiger partial charge in [0.2, 0.25) is 0 Å². The van der Waals surface area contributed by atoms with Gasteiger partial charge < -0.3 is 0 Å². The van der Waals surface area contributed by atoms with Crippen molar-refractivity contribution >= 4 is 88.8 Å². The van der Waals surface area contributed by atoms with Crippen LogP contribution in [0.15, 0.2) is 68.0 Å². The fraction of sp³-hybridized carbons (Fsp3) is 0.130. The molecule has 140 valence electrons. The van der Waals surface area contributed by atoms with Crippen molar-refractivity contribution in [2.24, 2.45) is 0 Å². The molecule has 5 heteroatoms. The second-order valence-corrected chi connectivity index (χ2v) is 12.6. The molecule has 0 atom stereocenters. The maximum absolute atomic E-state index is 2.30. The van der Waals surface area contributed by atoms with Crippen LogP contribution in [0.3, 0.4) is 0 Å². The molecule has 0 N–H and O–H groups in total. The summed E-state index contributed by atoms with van der Waals surface area (Å²) in [6.45, 7) is 4.44. The SMILES string of the molecule is CSC1=C(C)SC(=c2c3ccccc3c(=C3SC=C(C)S3)c3ccccc23)S1. The van der Waals surface area contributed by atoms with E-state index in [-0.39, 0.29) is 0 Å². The Morgan fingerprint density at radius 3 is 1.64 bits per heavy atom. The smallest absolute Gasteiger partial charge is 0.0586 e. The van der Waals surface area contributed by atoms with Gasteiger partial charge in [-0.15, -0.1) is 11.8 Å². The molecule has 2 aliphatic rings. The molecule has 2 heterocycles. The van der Waals surface area contributed by atoms with Gasteiger partial charge in [0, 0.05) is 15.3 Å². The summed E-state index contributed by atoms with van der Waals surface area (Å²) in [4.78, 5) is 2.79. The van der Waals surface area contributed by atoms with Gasteiger partial charge in [-0.2, -0.15) is 0 Å². The fourth-order valence-corrected chi connectivity index (χ4v) is 9.71. The van der Waals surface area contributed by atoms with Crippen molar-refractivity contribution in [3.8, 4) is 0 Å². The first-order chi connectivity index (χ1) is 13.7. The quantitative estimate of drug-likeness (QED) is 0.348. The van der Waals surface area contributed by atoms with E-state index >= 15 is 0 Å². The van der Waals surface area contributed by atoms with E-state index in [0.29, 0.717) is 0 Å². The first kappa shape index (κ1) is 19.1. The van der Waals surface area contributed by atoms with Gasteiger partial charge in [-0.1, -0.05) is 95.6 Å². The number of benzene rings is 3. The van der Waals surface area contributed by atoms with Crippen molar-refractivity contribution in [2.45, 2.75) is 13.8 Å². The third-order valence-corrected chi connectivity index (χ3v) is 11.2. The van der Waals surface area contributed by atoms with Gasteiger partial charge in [0.05, 0.1) is 12.7 Å². The predicted molar refractivity (Wildman–Crippen MR) is 138 cm³/mol. The highest BCUT2D eigenvalue weighted by Crippen LogP contribution is 2.53. The molecule has 28 heavy (non-hydrogen) atoms. The number of hydrogen-bond acceptors (Lipinski definition) is 5. The van der Waals surface area contributed by atoms with Crippen LogP contribution in [0.5, 0.6) is 0 Å². The largest absolute Gasteiger partial charge is 0.122 e. The standard InChI is InChI=1S/C23H18S5/c1-13-12-25-22(26-13)19-15-8-4-6-10-17(15)20(18-11-7-5-9-16(18)19)23-27-14(2)21(24-3)28-23/h4-12H,1-3H3. The molecule has 0 spiro atoms. The highest BCUT2D eigenvalue weighted by atomic mass is 32.2. The average molecular weight is 455 g/mol. The van der Waals surface area contributed by atoms with Crippen molar-refractivity contribution in [3.05, 3.63) is 78.4 Å². The van der Waals surface area contributed by atoms with Crippen molar-refractivity contribution in [3.63, 3.8) is 0 Å². The maximum Gasteiger partial charge on any atom is 0.0586 e. The lowest BCUT2D eigenvalue weighted by atomic mass is 9.99. The topological polar surface area (TPSA) is 0 Å². The van der Waals surface area contributed by atoms with Gasteiger partial charge in [-0.25, -0.2) is 0 Å². The predicted octanol–water partition coefficient (Wildman–Crippen LogP) is 7.50. The van der Waals surface area contributed by atoms with E-state index in [1.165, 1.54) is 54.5 Å². The molecule has 0 fully saturated rings. The zero-order valence-corrected chi connectivity index (χ0v) is 19.8.